The molecular weight excluding hydrogens is 138 g/mol. The number of rotatable bonds is 6. The van der Waals surface area contributed by atoms with Crippen LogP contribution in [0.3, 0.4) is 0 Å². The fourth-order valence-corrected chi connectivity index (χ4v) is 0.945. The highest BCUT2D eigenvalue weighted by Crippen LogP contribution is 2.01. The van der Waals surface area contributed by atoms with Gasteiger partial charge in [-0.05, 0) is 13.3 Å². The predicted octanol–water partition coefficient (Wildman–Crippen LogP) is 2.25. The zero-order chi connectivity index (χ0) is 8.53. The molecule has 0 heterocycles. The van der Waals surface area contributed by atoms with Crippen LogP contribution in [0.5, 0.6) is 0 Å². The van der Waals surface area contributed by atoms with Gasteiger partial charge in [0.1, 0.15) is 0 Å². The molecule has 0 aliphatic carbocycles. The number of carbonyl (C=O) groups excluding carboxylic acids is 1. The average Bonchev–Trinajstić information content (AvgIpc) is 1.99. The van der Waals surface area contributed by atoms with Crippen LogP contribution in [-0.2, 0) is 4.79 Å². The lowest BCUT2D eigenvalue weighted by atomic mass is 10.1. The van der Waals surface area contributed by atoms with Crippen LogP contribution in [0.25, 0.3) is 0 Å². The Morgan fingerprint density at radius 3 is 2.64 bits per heavy atom. The molecule has 2 nitrogen and oxygen atoms in total. The highest BCUT2D eigenvalue weighted by Gasteiger charge is 1.97. The van der Waals surface area contributed by atoms with Gasteiger partial charge in [-0.25, -0.2) is 0 Å². The number of nitrogens with one attached hydrogen (secondary N) is 1. The number of unbranched alkanes of at least 4 members (excludes halogenated alkanes) is 3. The van der Waals surface area contributed by atoms with E-state index in [9.17, 15) is 4.79 Å². The van der Waals surface area contributed by atoms with Crippen LogP contribution in [-0.4, -0.2) is 5.91 Å². The molecule has 0 saturated carbocycles. The van der Waals surface area contributed by atoms with Crippen LogP contribution in [0.4, 0.5) is 0 Å². The maximum Gasteiger partial charge on any atom is 0.220 e. The molecule has 0 aliphatic heterocycles. The van der Waals surface area contributed by atoms with Crippen molar-refractivity contribution >= 4 is 5.91 Å². The zero-order valence-corrected chi connectivity index (χ0v) is 7.52. The molecule has 1 amide bonds. The van der Waals surface area contributed by atoms with Crippen LogP contribution in [0.1, 0.15) is 46.0 Å². The lowest BCUT2D eigenvalue weighted by molar-refractivity contribution is -0.120. The molecule has 0 aromatic heterocycles. The Balaban J connectivity index is 3.04. The van der Waals surface area contributed by atoms with Crippen molar-refractivity contribution in [2.24, 2.45) is 0 Å². The lowest BCUT2D eigenvalue weighted by Gasteiger charge is -2.00. The quantitative estimate of drug-likeness (QED) is 0.587. The van der Waals surface area contributed by atoms with Crippen LogP contribution in [0, 0.1) is 6.54 Å². The van der Waals surface area contributed by atoms with Gasteiger partial charge in [-0.1, -0.05) is 26.2 Å². The molecule has 0 atom stereocenters. The van der Waals surface area contributed by atoms with Crippen molar-refractivity contribution in [1.82, 2.24) is 5.32 Å². The first-order valence-electron chi connectivity index (χ1n) is 4.38. The first kappa shape index (κ1) is 10.5. The summed E-state index contributed by atoms with van der Waals surface area (Å²) < 4.78 is 0. The summed E-state index contributed by atoms with van der Waals surface area (Å²) in [4.78, 5) is 10.9. The lowest BCUT2D eigenvalue weighted by Crippen LogP contribution is -2.18. The van der Waals surface area contributed by atoms with Gasteiger partial charge >= 0.3 is 0 Å². The van der Waals surface area contributed by atoms with Gasteiger partial charge in [0, 0.05) is 13.0 Å². The van der Waals surface area contributed by atoms with E-state index in [2.05, 4.69) is 12.2 Å². The summed E-state index contributed by atoms with van der Waals surface area (Å²) in [6.45, 7) is 5.67. The topological polar surface area (TPSA) is 29.1 Å². The minimum Gasteiger partial charge on any atom is -0.352 e. The van der Waals surface area contributed by atoms with Crippen molar-refractivity contribution in [2.75, 3.05) is 0 Å². The molecule has 0 saturated heterocycles. The van der Waals surface area contributed by atoms with Crippen molar-refractivity contribution in [3.8, 4) is 0 Å². The summed E-state index contributed by atoms with van der Waals surface area (Å²) in [6, 6.07) is 0. The van der Waals surface area contributed by atoms with E-state index in [1.54, 1.807) is 6.54 Å². The monoisotopic (exact) mass is 156 g/mol. The Morgan fingerprint density at radius 2 is 2.09 bits per heavy atom. The third-order valence-corrected chi connectivity index (χ3v) is 1.56. The maximum absolute atomic E-state index is 10.9. The van der Waals surface area contributed by atoms with Crippen molar-refractivity contribution in [3.05, 3.63) is 6.54 Å². The maximum atomic E-state index is 10.9. The molecule has 0 spiro atoms. The Morgan fingerprint density at radius 1 is 1.36 bits per heavy atom. The van der Waals surface area contributed by atoms with Crippen molar-refractivity contribution in [1.29, 1.82) is 0 Å². The molecule has 0 bridgehead atoms. The molecule has 0 aromatic rings. The third kappa shape index (κ3) is 7.37. The van der Waals surface area contributed by atoms with Gasteiger partial charge in [0.25, 0.3) is 0 Å². The van der Waals surface area contributed by atoms with E-state index < -0.39 is 0 Å². The van der Waals surface area contributed by atoms with Crippen LogP contribution in [0.2, 0.25) is 0 Å². The number of hydrogen-bond donors (Lipinski definition) is 1. The molecule has 2 heteroatoms. The van der Waals surface area contributed by atoms with Crippen molar-refractivity contribution in [2.45, 2.75) is 46.0 Å². The highest BCUT2D eigenvalue weighted by atomic mass is 16.1. The standard InChI is InChI=1S/C9H18NO/c1-3-5-6-7-8-9(11)10-4-2/h4H,3,5-8H2,1-2H3,(H,10,11). The van der Waals surface area contributed by atoms with Gasteiger partial charge in [-0.15, -0.1) is 0 Å². The minimum absolute atomic E-state index is 0.142. The first-order chi connectivity index (χ1) is 5.31. The van der Waals surface area contributed by atoms with Crippen molar-refractivity contribution < 1.29 is 4.79 Å². The number of amides is 1. The first-order valence-corrected chi connectivity index (χ1v) is 4.38. The van der Waals surface area contributed by atoms with E-state index in [-0.39, 0.29) is 5.91 Å². The van der Waals surface area contributed by atoms with E-state index in [4.69, 9.17) is 0 Å². The number of hydrogen-bond acceptors (Lipinski definition) is 1. The Hall–Kier alpha value is -0.530. The number of carbonyl (C=O) groups is 1. The second-order valence-electron chi connectivity index (χ2n) is 2.67. The van der Waals surface area contributed by atoms with Crippen LogP contribution in [0.15, 0.2) is 0 Å². The summed E-state index contributed by atoms with van der Waals surface area (Å²) in [5.74, 6) is 0.142. The summed E-state index contributed by atoms with van der Waals surface area (Å²) in [5, 5.41) is 2.66. The summed E-state index contributed by atoms with van der Waals surface area (Å²) in [6.07, 6.45) is 5.33. The van der Waals surface area contributed by atoms with E-state index >= 15 is 0 Å². The highest BCUT2D eigenvalue weighted by molar-refractivity contribution is 5.76. The molecule has 1 radical (unpaired) electrons. The van der Waals surface area contributed by atoms with Gasteiger partial charge in [-0.2, -0.15) is 0 Å². The van der Waals surface area contributed by atoms with Crippen LogP contribution >= 0.6 is 0 Å². The molecule has 0 unspecified atom stereocenters. The fraction of sp³-hybridized carbons (Fsp3) is 0.778. The average molecular weight is 156 g/mol. The van der Waals surface area contributed by atoms with Gasteiger partial charge in [0.2, 0.25) is 5.91 Å². The van der Waals surface area contributed by atoms with E-state index in [1.165, 1.54) is 19.3 Å². The summed E-state index contributed by atoms with van der Waals surface area (Å²) in [5.41, 5.74) is 0. The smallest absolute Gasteiger partial charge is 0.220 e. The normalized spacial score (nSPS) is 9.64. The Kier molecular flexibility index (Phi) is 7.21. The molecule has 0 aliphatic rings. The molecular formula is C9H18NO. The molecule has 0 aromatic carbocycles. The molecule has 11 heavy (non-hydrogen) atoms. The molecule has 0 rings (SSSR count). The molecule has 1 N–H and O–H groups in total. The van der Waals surface area contributed by atoms with Crippen molar-refractivity contribution in [3.63, 3.8) is 0 Å². The largest absolute Gasteiger partial charge is 0.352 e. The fourth-order valence-electron chi connectivity index (χ4n) is 0.945. The predicted molar refractivity (Wildman–Crippen MR) is 46.9 cm³/mol. The van der Waals surface area contributed by atoms with E-state index in [1.807, 2.05) is 6.92 Å². The molecule has 65 valence electrons. The second kappa shape index (κ2) is 7.58. The van der Waals surface area contributed by atoms with Gasteiger partial charge in [0.15, 0.2) is 0 Å². The van der Waals surface area contributed by atoms with Gasteiger partial charge in [0.05, 0.1) is 0 Å². The minimum atomic E-state index is 0.142. The van der Waals surface area contributed by atoms with E-state index in [0.29, 0.717) is 6.42 Å². The zero-order valence-electron chi connectivity index (χ0n) is 7.52. The third-order valence-electron chi connectivity index (χ3n) is 1.56. The Bertz CT molecular complexity index is 102. The SMILES string of the molecule is C[CH]NC(=O)CCCCCC. The van der Waals surface area contributed by atoms with Gasteiger partial charge < -0.3 is 5.32 Å². The summed E-state index contributed by atoms with van der Waals surface area (Å²) >= 11 is 0. The summed E-state index contributed by atoms with van der Waals surface area (Å²) in [7, 11) is 0. The second-order valence-corrected chi connectivity index (χ2v) is 2.67. The molecule has 0 fully saturated rings. The van der Waals surface area contributed by atoms with Crippen LogP contribution < -0.4 is 5.32 Å². The van der Waals surface area contributed by atoms with E-state index in [0.717, 1.165) is 6.42 Å². The van der Waals surface area contributed by atoms with Gasteiger partial charge in [-0.3, -0.25) is 4.79 Å². The Labute approximate surface area is 69.4 Å².